The van der Waals surface area contributed by atoms with Gasteiger partial charge in [-0.25, -0.2) is 4.98 Å². The van der Waals surface area contributed by atoms with Gasteiger partial charge in [-0.15, -0.1) is 0 Å². The molecule has 2 N–H and O–H groups in total. The molecule has 0 saturated heterocycles. The van der Waals surface area contributed by atoms with Gasteiger partial charge >= 0.3 is 0 Å². The van der Waals surface area contributed by atoms with Gasteiger partial charge in [-0.3, -0.25) is 20.2 Å². The number of nitro groups is 2. The molecule has 9 nitrogen and oxygen atoms in total. The highest BCUT2D eigenvalue weighted by Gasteiger charge is 2.21. The third kappa shape index (κ3) is 2.71. The second-order valence-corrected chi connectivity index (χ2v) is 4.06. The number of nitrogens with zero attached hydrogens (tertiary/aromatic N) is 3. The minimum Gasteiger partial charge on any atom is -0.370 e. The molecule has 0 saturated carbocycles. The van der Waals surface area contributed by atoms with Crippen LogP contribution < -0.4 is 5.32 Å². The van der Waals surface area contributed by atoms with E-state index in [1.54, 1.807) is 19.3 Å². The lowest BCUT2D eigenvalue weighted by molar-refractivity contribution is -0.393. The van der Waals surface area contributed by atoms with Crippen LogP contribution in [0.1, 0.15) is 18.8 Å². The van der Waals surface area contributed by atoms with E-state index in [9.17, 15) is 20.2 Å². The van der Waals surface area contributed by atoms with Gasteiger partial charge in [0.1, 0.15) is 11.5 Å². The number of rotatable bonds is 5. The van der Waals surface area contributed by atoms with Crippen LogP contribution >= 0.6 is 0 Å². The first kappa shape index (κ1) is 13.5. The zero-order valence-electron chi connectivity index (χ0n) is 10.4. The first-order chi connectivity index (χ1) is 9.49. The van der Waals surface area contributed by atoms with E-state index < -0.39 is 9.85 Å². The van der Waals surface area contributed by atoms with Crippen LogP contribution in [0.15, 0.2) is 30.6 Å². The van der Waals surface area contributed by atoms with E-state index in [4.69, 9.17) is 0 Å². The average molecular weight is 277 g/mol. The maximum absolute atomic E-state index is 11.0. The average Bonchev–Trinajstić information content (AvgIpc) is 2.92. The highest BCUT2D eigenvalue weighted by molar-refractivity contribution is 5.65. The molecular formula is C11H11N5O4. The molecule has 2 aromatic rings. The van der Waals surface area contributed by atoms with Crippen molar-refractivity contribution >= 4 is 17.1 Å². The van der Waals surface area contributed by atoms with Gasteiger partial charge in [0.2, 0.25) is 0 Å². The van der Waals surface area contributed by atoms with E-state index in [1.807, 2.05) is 0 Å². The van der Waals surface area contributed by atoms with Crippen molar-refractivity contribution in [3.63, 3.8) is 0 Å². The van der Waals surface area contributed by atoms with Gasteiger partial charge in [-0.2, -0.15) is 0 Å². The molecule has 0 radical (unpaired) electrons. The maximum atomic E-state index is 11.0. The summed E-state index contributed by atoms with van der Waals surface area (Å²) in [4.78, 5) is 27.2. The van der Waals surface area contributed by atoms with Gasteiger partial charge in [-0.05, 0) is 13.0 Å². The number of H-pyrrole nitrogens is 1. The summed E-state index contributed by atoms with van der Waals surface area (Å²) in [7, 11) is 0. The van der Waals surface area contributed by atoms with E-state index in [0.717, 1.165) is 6.07 Å². The van der Waals surface area contributed by atoms with Crippen LogP contribution in [0.2, 0.25) is 0 Å². The van der Waals surface area contributed by atoms with Gasteiger partial charge in [0.15, 0.2) is 0 Å². The van der Waals surface area contributed by atoms with Crippen molar-refractivity contribution in [3.8, 4) is 0 Å². The minimum absolute atomic E-state index is 0.199. The van der Waals surface area contributed by atoms with Crippen LogP contribution in [-0.2, 0) is 0 Å². The van der Waals surface area contributed by atoms with Crippen LogP contribution in [-0.4, -0.2) is 19.8 Å². The standard InChI is InChI=1S/C11H11N5O4/c1-7(11-12-4-5-13-11)14-9-3-2-8(15(17)18)6-10(9)16(19)20/h2-7,14H,1H3,(H,12,13). The van der Waals surface area contributed by atoms with Crippen LogP contribution in [0.3, 0.4) is 0 Å². The van der Waals surface area contributed by atoms with Crippen LogP contribution in [0.5, 0.6) is 0 Å². The van der Waals surface area contributed by atoms with E-state index >= 15 is 0 Å². The van der Waals surface area contributed by atoms with Crippen molar-refractivity contribution < 1.29 is 9.85 Å². The molecule has 104 valence electrons. The predicted octanol–water partition coefficient (Wildman–Crippen LogP) is 2.40. The Morgan fingerprint density at radius 2 is 2.05 bits per heavy atom. The zero-order valence-corrected chi connectivity index (χ0v) is 10.4. The number of anilines is 1. The van der Waals surface area contributed by atoms with Gasteiger partial charge in [-0.1, -0.05) is 0 Å². The molecule has 0 aliphatic carbocycles. The van der Waals surface area contributed by atoms with E-state index in [0.29, 0.717) is 5.82 Å². The summed E-state index contributed by atoms with van der Waals surface area (Å²) in [6, 6.07) is 3.15. The second kappa shape index (κ2) is 5.34. The molecule has 9 heteroatoms. The molecule has 0 fully saturated rings. The Hall–Kier alpha value is -2.97. The SMILES string of the molecule is CC(Nc1ccc([N+](=O)[O-])cc1[N+](=O)[O-])c1ncc[nH]1. The summed E-state index contributed by atoms with van der Waals surface area (Å²) in [5.74, 6) is 0.609. The largest absolute Gasteiger partial charge is 0.370 e. The number of benzene rings is 1. The van der Waals surface area contributed by atoms with E-state index in [2.05, 4.69) is 15.3 Å². The van der Waals surface area contributed by atoms with Gasteiger partial charge < -0.3 is 10.3 Å². The number of nitro benzene ring substituents is 2. The molecule has 1 atom stereocenters. The van der Waals surface area contributed by atoms with Gasteiger partial charge in [0.05, 0.1) is 22.0 Å². The summed E-state index contributed by atoms with van der Waals surface area (Å²) in [5, 5.41) is 24.5. The first-order valence-corrected chi connectivity index (χ1v) is 5.67. The topological polar surface area (TPSA) is 127 Å². The smallest absolute Gasteiger partial charge is 0.299 e. The fraction of sp³-hybridized carbons (Fsp3) is 0.182. The summed E-state index contributed by atoms with van der Waals surface area (Å²) < 4.78 is 0. The Morgan fingerprint density at radius 3 is 2.60 bits per heavy atom. The lowest BCUT2D eigenvalue weighted by Gasteiger charge is -2.12. The number of nitrogens with one attached hydrogen (secondary N) is 2. The summed E-state index contributed by atoms with van der Waals surface area (Å²) >= 11 is 0. The van der Waals surface area contributed by atoms with Gasteiger partial charge in [0, 0.05) is 18.5 Å². The lowest BCUT2D eigenvalue weighted by atomic mass is 10.2. The third-order valence-corrected chi connectivity index (χ3v) is 2.69. The number of non-ortho nitro benzene ring substituents is 1. The summed E-state index contributed by atoms with van der Waals surface area (Å²) in [5.41, 5.74) is -0.477. The Morgan fingerprint density at radius 1 is 1.30 bits per heavy atom. The van der Waals surface area contributed by atoms with Crippen LogP contribution in [0.4, 0.5) is 17.1 Å². The van der Waals surface area contributed by atoms with Crippen molar-refractivity contribution in [1.82, 2.24) is 9.97 Å². The molecule has 0 spiro atoms. The molecule has 0 aliphatic rings. The fourth-order valence-electron chi connectivity index (χ4n) is 1.72. The Bertz CT molecular complexity index is 640. The third-order valence-electron chi connectivity index (χ3n) is 2.69. The Kier molecular flexibility index (Phi) is 3.60. The molecule has 1 unspecified atom stereocenters. The van der Waals surface area contributed by atoms with Crippen molar-refractivity contribution in [2.45, 2.75) is 13.0 Å². The molecule has 0 aliphatic heterocycles. The van der Waals surface area contributed by atoms with Crippen LogP contribution in [0, 0.1) is 20.2 Å². The van der Waals surface area contributed by atoms with Crippen molar-refractivity contribution in [2.24, 2.45) is 0 Å². The minimum atomic E-state index is -0.674. The lowest BCUT2D eigenvalue weighted by Crippen LogP contribution is -2.10. The predicted molar refractivity (Wildman–Crippen MR) is 70.4 cm³/mol. The summed E-state index contributed by atoms with van der Waals surface area (Å²) in [6.45, 7) is 1.77. The molecule has 0 bridgehead atoms. The molecular weight excluding hydrogens is 266 g/mol. The fourth-order valence-corrected chi connectivity index (χ4v) is 1.72. The first-order valence-electron chi connectivity index (χ1n) is 5.67. The second-order valence-electron chi connectivity index (χ2n) is 4.06. The van der Waals surface area contributed by atoms with Crippen molar-refractivity contribution in [3.05, 3.63) is 56.6 Å². The molecule has 1 heterocycles. The maximum Gasteiger partial charge on any atom is 0.299 e. The van der Waals surface area contributed by atoms with E-state index in [1.165, 1.54) is 12.1 Å². The zero-order chi connectivity index (χ0) is 14.7. The molecule has 20 heavy (non-hydrogen) atoms. The summed E-state index contributed by atoms with van der Waals surface area (Å²) in [6.07, 6.45) is 3.20. The number of imidazole rings is 1. The van der Waals surface area contributed by atoms with Gasteiger partial charge in [0.25, 0.3) is 11.4 Å². The van der Waals surface area contributed by atoms with Crippen LogP contribution in [0.25, 0.3) is 0 Å². The van der Waals surface area contributed by atoms with Crippen molar-refractivity contribution in [2.75, 3.05) is 5.32 Å². The van der Waals surface area contributed by atoms with Crippen molar-refractivity contribution in [1.29, 1.82) is 0 Å². The Balaban J connectivity index is 2.31. The molecule has 0 amide bonds. The van der Waals surface area contributed by atoms with E-state index in [-0.39, 0.29) is 23.1 Å². The molecule has 2 rings (SSSR count). The highest BCUT2D eigenvalue weighted by Crippen LogP contribution is 2.31. The molecule has 1 aromatic heterocycles. The number of aromatic nitrogens is 2. The monoisotopic (exact) mass is 277 g/mol. The quantitative estimate of drug-likeness (QED) is 0.638. The normalized spacial score (nSPS) is 11.8. The highest BCUT2D eigenvalue weighted by atomic mass is 16.6. The Labute approximate surface area is 113 Å². The number of hydrogen-bond acceptors (Lipinski definition) is 6. The molecule has 1 aromatic carbocycles. The number of hydrogen-bond donors (Lipinski definition) is 2. The number of aromatic amines is 1.